The molecule has 1 aliphatic heterocycles. The van der Waals surface area contributed by atoms with E-state index in [0.717, 1.165) is 6.42 Å². The molecule has 1 aliphatic rings. The van der Waals surface area contributed by atoms with Crippen molar-refractivity contribution in [2.24, 2.45) is 5.73 Å². The Morgan fingerprint density at radius 3 is 2.36 bits per heavy atom. The summed E-state index contributed by atoms with van der Waals surface area (Å²) in [7, 11) is 0. The highest BCUT2D eigenvalue weighted by Gasteiger charge is 2.15. The molecule has 0 aromatic rings. The van der Waals surface area contributed by atoms with Gasteiger partial charge in [-0.15, -0.1) is 0 Å². The lowest BCUT2D eigenvalue weighted by Crippen LogP contribution is -2.39. The SMILES string of the molecule is CC(C)(N)CCCN1CCC1. The number of hydrogen-bond acceptors (Lipinski definition) is 2. The van der Waals surface area contributed by atoms with Crippen molar-refractivity contribution >= 4 is 0 Å². The Bertz CT molecular complexity index is 111. The molecule has 0 radical (unpaired) electrons. The zero-order valence-corrected chi connectivity index (χ0v) is 7.77. The summed E-state index contributed by atoms with van der Waals surface area (Å²) in [6, 6.07) is 0. The molecule has 1 rings (SSSR count). The molecule has 0 bridgehead atoms. The van der Waals surface area contributed by atoms with E-state index in [1.54, 1.807) is 0 Å². The zero-order chi connectivity index (χ0) is 8.32. The molecule has 1 fully saturated rings. The molecule has 0 aromatic heterocycles. The summed E-state index contributed by atoms with van der Waals surface area (Å²) in [4.78, 5) is 2.49. The molecule has 0 aromatic carbocycles. The second-order valence-electron chi connectivity index (χ2n) is 4.29. The summed E-state index contributed by atoms with van der Waals surface area (Å²) in [5.74, 6) is 0. The molecule has 0 aliphatic carbocycles. The molecule has 2 N–H and O–H groups in total. The molecule has 0 atom stereocenters. The normalized spacial score (nSPS) is 19.9. The Morgan fingerprint density at radius 2 is 2.00 bits per heavy atom. The second-order valence-corrected chi connectivity index (χ2v) is 4.29. The summed E-state index contributed by atoms with van der Waals surface area (Å²) in [5.41, 5.74) is 5.90. The van der Waals surface area contributed by atoms with E-state index >= 15 is 0 Å². The van der Waals surface area contributed by atoms with Crippen molar-refractivity contribution in [3.63, 3.8) is 0 Å². The Balaban J connectivity index is 1.95. The zero-order valence-electron chi connectivity index (χ0n) is 7.77. The number of hydrogen-bond donors (Lipinski definition) is 1. The van der Waals surface area contributed by atoms with Crippen molar-refractivity contribution in [2.45, 2.75) is 38.6 Å². The Labute approximate surface area is 69.8 Å². The van der Waals surface area contributed by atoms with Crippen LogP contribution in [0.3, 0.4) is 0 Å². The van der Waals surface area contributed by atoms with Gasteiger partial charge in [0.25, 0.3) is 0 Å². The minimum Gasteiger partial charge on any atom is -0.326 e. The molecule has 2 nitrogen and oxygen atoms in total. The van der Waals surface area contributed by atoms with Gasteiger partial charge in [-0.3, -0.25) is 0 Å². The average Bonchev–Trinajstić information content (AvgIpc) is 1.73. The van der Waals surface area contributed by atoms with Crippen molar-refractivity contribution in [1.82, 2.24) is 4.90 Å². The van der Waals surface area contributed by atoms with Crippen molar-refractivity contribution < 1.29 is 0 Å². The van der Waals surface area contributed by atoms with E-state index in [4.69, 9.17) is 5.73 Å². The number of likely N-dealkylation sites (tertiary alicyclic amines) is 1. The highest BCUT2D eigenvalue weighted by atomic mass is 15.2. The summed E-state index contributed by atoms with van der Waals surface area (Å²) in [6.45, 7) is 8.07. The van der Waals surface area contributed by atoms with Gasteiger partial charge >= 0.3 is 0 Å². The quantitative estimate of drug-likeness (QED) is 0.663. The van der Waals surface area contributed by atoms with E-state index in [9.17, 15) is 0 Å². The third kappa shape index (κ3) is 3.73. The summed E-state index contributed by atoms with van der Waals surface area (Å²) in [6.07, 6.45) is 3.79. The van der Waals surface area contributed by atoms with Crippen molar-refractivity contribution in [3.8, 4) is 0 Å². The van der Waals surface area contributed by atoms with Crippen molar-refractivity contribution in [2.75, 3.05) is 19.6 Å². The third-order valence-corrected chi connectivity index (χ3v) is 2.24. The van der Waals surface area contributed by atoms with Gasteiger partial charge in [-0.25, -0.2) is 0 Å². The standard InChI is InChI=1S/C9H20N2/c1-9(2,10)5-3-6-11-7-4-8-11/h3-8,10H2,1-2H3. The highest BCUT2D eigenvalue weighted by Crippen LogP contribution is 2.11. The number of nitrogens with zero attached hydrogens (tertiary/aromatic N) is 1. The van der Waals surface area contributed by atoms with Crippen LogP contribution >= 0.6 is 0 Å². The lowest BCUT2D eigenvalue weighted by Gasteiger charge is -2.31. The largest absolute Gasteiger partial charge is 0.326 e. The first kappa shape index (κ1) is 9.01. The van der Waals surface area contributed by atoms with Crippen LogP contribution in [-0.4, -0.2) is 30.1 Å². The van der Waals surface area contributed by atoms with Crippen LogP contribution in [0.15, 0.2) is 0 Å². The van der Waals surface area contributed by atoms with Gasteiger partial charge in [-0.1, -0.05) is 0 Å². The minimum absolute atomic E-state index is 0.0326. The van der Waals surface area contributed by atoms with Gasteiger partial charge in [0.2, 0.25) is 0 Å². The van der Waals surface area contributed by atoms with Gasteiger partial charge in [0.15, 0.2) is 0 Å². The minimum atomic E-state index is 0.0326. The molecule has 1 saturated heterocycles. The first-order chi connectivity index (χ1) is 5.08. The molecule has 0 amide bonds. The van der Waals surface area contributed by atoms with E-state index in [2.05, 4.69) is 18.7 Å². The average molecular weight is 156 g/mol. The molecule has 66 valence electrons. The van der Waals surface area contributed by atoms with Crippen LogP contribution in [0.4, 0.5) is 0 Å². The fraction of sp³-hybridized carbons (Fsp3) is 1.00. The van der Waals surface area contributed by atoms with Crippen molar-refractivity contribution in [3.05, 3.63) is 0 Å². The lowest BCUT2D eigenvalue weighted by molar-refractivity contribution is 0.174. The van der Waals surface area contributed by atoms with Crippen molar-refractivity contribution in [1.29, 1.82) is 0 Å². The van der Waals surface area contributed by atoms with E-state index < -0.39 is 0 Å². The van der Waals surface area contributed by atoms with Crippen LogP contribution in [-0.2, 0) is 0 Å². The van der Waals surface area contributed by atoms with E-state index in [1.807, 2.05) is 0 Å². The van der Waals surface area contributed by atoms with E-state index in [0.29, 0.717) is 0 Å². The molecule has 0 spiro atoms. The second kappa shape index (κ2) is 3.55. The van der Waals surface area contributed by atoms with E-state index in [1.165, 1.54) is 32.5 Å². The maximum atomic E-state index is 5.86. The maximum absolute atomic E-state index is 5.86. The summed E-state index contributed by atoms with van der Waals surface area (Å²) >= 11 is 0. The van der Waals surface area contributed by atoms with Gasteiger partial charge in [-0.2, -0.15) is 0 Å². The maximum Gasteiger partial charge on any atom is 0.00975 e. The van der Waals surface area contributed by atoms with Crippen LogP contribution in [0.25, 0.3) is 0 Å². The monoisotopic (exact) mass is 156 g/mol. The molecule has 0 unspecified atom stereocenters. The highest BCUT2D eigenvalue weighted by molar-refractivity contribution is 4.74. The van der Waals surface area contributed by atoms with Gasteiger partial charge in [0.1, 0.15) is 0 Å². The van der Waals surface area contributed by atoms with Gasteiger partial charge in [0, 0.05) is 5.54 Å². The first-order valence-electron chi connectivity index (χ1n) is 4.59. The van der Waals surface area contributed by atoms with Gasteiger partial charge in [-0.05, 0) is 52.7 Å². The fourth-order valence-electron chi connectivity index (χ4n) is 1.36. The number of rotatable bonds is 4. The first-order valence-corrected chi connectivity index (χ1v) is 4.59. The third-order valence-electron chi connectivity index (χ3n) is 2.24. The molecule has 2 heteroatoms. The molecule has 1 heterocycles. The Kier molecular flexibility index (Phi) is 2.90. The molecule has 11 heavy (non-hydrogen) atoms. The molecular weight excluding hydrogens is 136 g/mol. The van der Waals surface area contributed by atoms with Crippen LogP contribution in [0.2, 0.25) is 0 Å². The van der Waals surface area contributed by atoms with Crippen LogP contribution in [0.1, 0.15) is 33.1 Å². The van der Waals surface area contributed by atoms with Gasteiger partial charge < -0.3 is 10.6 Å². The topological polar surface area (TPSA) is 29.3 Å². The van der Waals surface area contributed by atoms with Crippen LogP contribution < -0.4 is 5.73 Å². The summed E-state index contributed by atoms with van der Waals surface area (Å²) in [5, 5.41) is 0. The number of nitrogens with two attached hydrogens (primary N) is 1. The molecular formula is C9H20N2. The lowest BCUT2D eigenvalue weighted by atomic mass is 9.99. The van der Waals surface area contributed by atoms with Crippen LogP contribution in [0.5, 0.6) is 0 Å². The predicted molar refractivity (Wildman–Crippen MR) is 48.6 cm³/mol. The fourth-order valence-corrected chi connectivity index (χ4v) is 1.36. The van der Waals surface area contributed by atoms with E-state index in [-0.39, 0.29) is 5.54 Å². The Morgan fingerprint density at radius 1 is 1.36 bits per heavy atom. The smallest absolute Gasteiger partial charge is 0.00975 e. The Hall–Kier alpha value is -0.0800. The summed E-state index contributed by atoms with van der Waals surface area (Å²) < 4.78 is 0. The predicted octanol–water partition coefficient (Wildman–Crippen LogP) is 1.21. The van der Waals surface area contributed by atoms with Gasteiger partial charge in [0.05, 0.1) is 0 Å². The van der Waals surface area contributed by atoms with Crippen LogP contribution in [0, 0.1) is 0 Å². The molecule has 0 saturated carbocycles.